The number of carbonyl (C=O) groups is 1. The van der Waals surface area contributed by atoms with Crippen molar-refractivity contribution in [2.45, 2.75) is 26.2 Å². The molecule has 0 saturated carbocycles. The van der Waals surface area contributed by atoms with Gasteiger partial charge in [0.1, 0.15) is 11.5 Å². The van der Waals surface area contributed by atoms with E-state index in [9.17, 15) is 4.79 Å². The fourth-order valence-corrected chi connectivity index (χ4v) is 2.26. The molecule has 132 valence electrons. The highest BCUT2D eigenvalue weighted by Crippen LogP contribution is 2.21. The SMILES string of the molecule is CC[C@@H](C)c1ccc(OCC(=O)N/N=C\c2ccccc2OC)cc1. The molecule has 0 fully saturated rings. The van der Waals surface area contributed by atoms with E-state index in [-0.39, 0.29) is 12.5 Å². The second-order valence-corrected chi connectivity index (χ2v) is 5.70. The molecule has 0 aromatic heterocycles. The largest absolute Gasteiger partial charge is 0.496 e. The van der Waals surface area contributed by atoms with Gasteiger partial charge in [0.15, 0.2) is 6.61 Å². The normalized spacial score (nSPS) is 12.0. The van der Waals surface area contributed by atoms with Crippen molar-refractivity contribution in [2.75, 3.05) is 13.7 Å². The molecule has 0 spiro atoms. The minimum Gasteiger partial charge on any atom is -0.496 e. The van der Waals surface area contributed by atoms with Crippen LogP contribution in [-0.4, -0.2) is 25.8 Å². The Morgan fingerprint density at radius 3 is 2.60 bits per heavy atom. The first-order valence-electron chi connectivity index (χ1n) is 8.31. The third kappa shape index (κ3) is 5.64. The van der Waals surface area contributed by atoms with E-state index in [2.05, 4.69) is 24.4 Å². The Morgan fingerprint density at radius 1 is 1.20 bits per heavy atom. The summed E-state index contributed by atoms with van der Waals surface area (Å²) in [7, 11) is 1.59. The van der Waals surface area contributed by atoms with E-state index in [1.807, 2.05) is 48.5 Å². The molecule has 1 N–H and O–H groups in total. The fraction of sp³-hybridized carbons (Fsp3) is 0.300. The highest BCUT2D eigenvalue weighted by molar-refractivity contribution is 5.85. The minimum absolute atomic E-state index is 0.0913. The number of nitrogens with one attached hydrogen (secondary N) is 1. The number of rotatable bonds is 8. The third-order valence-electron chi connectivity index (χ3n) is 3.96. The second kappa shape index (κ2) is 9.47. The van der Waals surface area contributed by atoms with Gasteiger partial charge >= 0.3 is 0 Å². The molecule has 0 unspecified atom stereocenters. The highest BCUT2D eigenvalue weighted by atomic mass is 16.5. The molecular weight excluding hydrogens is 316 g/mol. The predicted octanol–water partition coefficient (Wildman–Crippen LogP) is 3.74. The first kappa shape index (κ1) is 18.5. The predicted molar refractivity (Wildman–Crippen MR) is 99.4 cm³/mol. The van der Waals surface area contributed by atoms with Crippen LogP contribution in [0.1, 0.15) is 37.3 Å². The maximum Gasteiger partial charge on any atom is 0.277 e. The summed E-state index contributed by atoms with van der Waals surface area (Å²) in [6.07, 6.45) is 2.63. The molecule has 1 atom stereocenters. The van der Waals surface area contributed by atoms with Crippen molar-refractivity contribution < 1.29 is 14.3 Å². The van der Waals surface area contributed by atoms with Gasteiger partial charge in [-0.3, -0.25) is 4.79 Å². The molecule has 5 heteroatoms. The number of hydrazone groups is 1. The Bertz CT molecular complexity index is 711. The zero-order valence-corrected chi connectivity index (χ0v) is 14.9. The van der Waals surface area contributed by atoms with Crippen LogP contribution < -0.4 is 14.9 Å². The van der Waals surface area contributed by atoms with Gasteiger partial charge in [-0.2, -0.15) is 5.10 Å². The molecule has 2 rings (SSSR count). The topological polar surface area (TPSA) is 59.9 Å². The summed E-state index contributed by atoms with van der Waals surface area (Å²) in [4.78, 5) is 11.8. The number of carbonyl (C=O) groups excluding carboxylic acids is 1. The molecule has 0 bridgehead atoms. The van der Waals surface area contributed by atoms with E-state index in [1.165, 1.54) is 11.8 Å². The molecular formula is C20H24N2O3. The van der Waals surface area contributed by atoms with Crippen molar-refractivity contribution in [3.05, 3.63) is 59.7 Å². The Morgan fingerprint density at radius 2 is 1.92 bits per heavy atom. The summed E-state index contributed by atoms with van der Waals surface area (Å²) in [6.45, 7) is 4.25. The van der Waals surface area contributed by atoms with Crippen LogP contribution >= 0.6 is 0 Å². The van der Waals surface area contributed by atoms with E-state index in [0.717, 1.165) is 12.0 Å². The third-order valence-corrected chi connectivity index (χ3v) is 3.96. The number of hydrogen-bond acceptors (Lipinski definition) is 4. The van der Waals surface area contributed by atoms with Crippen LogP contribution in [-0.2, 0) is 4.79 Å². The van der Waals surface area contributed by atoms with E-state index >= 15 is 0 Å². The monoisotopic (exact) mass is 340 g/mol. The van der Waals surface area contributed by atoms with Gasteiger partial charge in [0, 0.05) is 5.56 Å². The Hall–Kier alpha value is -2.82. The molecule has 0 saturated heterocycles. The van der Waals surface area contributed by atoms with Crippen molar-refractivity contribution in [3.8, 4) is 11.5 Å². The summed E-state index contributed by atoms with van der Waals surface area (Å²) >= 11 is 0. The molecule has 0 heterocycles. The van der Waals surface area contributed by atoms with Gasteiger partial charge in [0.05, 0.1) is 13.3 Å². The Kier molecular flexibility index (Phi) is 7.01. The van der Waals surface area contributed by atoms with Crippen LogP contribution in [0.25, 0.3) is 0 Å². The molecule has 5 nitrogen and oxygen atoms in total. The van der Waals surface area contributed by atoms with Gasteiger partial charge in [0.2, 0.25) is 0 Å². The van der Waals surface area contributed by atoms with Gasteiger partial charge in [-0.15, -0.1) is 0 Å². The summed E-state index contributed by atoms with van der Waals surface area (Å²) < 4.78 is 10.7. The fourth-order valence-electron chi connectivity index (χ4n) is 2.26. The van der Waals surface area contributed by atoms with Gasteiger partial charge in [-0.25, -0.2) is 5.43 Å². The van der Waals surface area contributed by atoms with Crippen LogP contribution in [0, 0.1) is 0 Å². The van der Waals surface area contributed by atoms with Crippen molar-refractivity contribution in [3.63, 3.8) is 0 Å². The number of benzene rings is 2. The van der Waals surface area contributed by atoms with Crippen LogP contribution in [0.4, 0.5) is 0 Å². The van der Waals surface area contributed by atoms with Crippen LogP contribution in [0.3, 0.4) is 0 Å². The van der Waals surface area contributed by atoms with Crippen LogP contribution in [0.15, 0.2) is 53.6 Å². The lowest BCUT2D eigenvalue weighted by Crippen LogP contribution is -2.24. The quantitative estimate of drug-likeness (QED) is 0.588. The van der Waals surface area contributed by atoms with Crippen LogP contribution in [0.2, 0.25) is 0 Å². The summed E-state index contributed by atoms with van der Waals surface area (Å²) in [5, 5.41) is 3.93. The standard InChI is InChI=1S/C20H24N2O3/c1-4-15(2)16-9-11-18(12-10-16)25-14-20(23)22-21-13-17-7-5-6-8-19(17)24-3/h5-13,15H,4,14H2,1-3H3,(H,22,23)/b21-13-/t15-/m1/s1. The molecule has 1 amide bonds. The molecule has 2 aromatic carbocycles. The maximum atomic E-state index is 11.8. The number of nitrogens with zero attached hydrogens (tertiary/aromatic N) is 1. The van der Waals surface area contributed by atoms with Gasteiger partial charge in [-0.05, 0) is 42.2 Å². The first-order chi connectivity index (χ1) is 12.1. The minimum atomic E-state index is -0.322. The lowest BCUT2D eigenvalue weighted by atomic mass is 9.99. The van der Waals surface area contributed by atoms with E-state index in [0.29, 0.717) is 17.4 Å². The maximum absolute atomic E-state index is 11.8. The van der Waals surface area contributed by atoms with Gasteiger partial charge < -0.3 is 9.47 Å². The number of para-hydroxylation sites is 1. The van der Waals surface area contributed by atoms with Gasteiger partial charge in [-0.1, -0.05) is 38.1 Å². The van der Waals surface area contributed by atoms with Crippen molar-refractivity contribution in [1.82, 2.24) is 5.43 Å². The number of ether oxygens (including phenoxy) is 2. The molecule has 2 aromatic rings. The zero-order valence-electron chi connectivity index (χ0n) is 14.9. The summed E-state index contributed by atoms with van der Waals surface area (Å²) in [6, 6.07) is 15.2. The van der Waals surface area contributed by atoms with Gasteiger partial charge in [0.25, 0.3) is 5.91 Å². The Balaban J connectivity index is 1.81. The van der Waals surface area contributed by atoms with E-state index in [4.69, 9.17) is 9.47 Å². The highest BCUT2D eigenvalue weighted by Gasteiger charge is 2.05. The molecule has 0 radical (unpaired) electrons. The van der Waals surface area contributed by atoms with Crippen LogP contribution in [0.5, 0.6) is 11.5 Å². The molecule has 0 aliphatic carbocycles. The molecule has 0 aliphatic rings. The first-order valence-corrected chi connectivity index (χ1v) is 8.31. The lowest BCUT2D eigenvalue weighted by molar-refractivity contribution is -0.123. The van der Waals surface area contributed by atoms with E-state index < -0.39 is 0 Å². The van der Waals surface area contributed by atoms with Crippen molar-refractivity contribution in [1.29, 1.82) is 0 Å². The van der Waals surface area contributed by atoms with E-state index in [1.54, 1.807) is 7.11 Å². The average Bonchev–Trinajstić information content (AvgIpc) is 2.66. The Labute approximate surface area is 148 Å². The molecule has 25 heavy (non-hydrogen) atoms. The van der Waals surface area contributed by atoms with Crippen molar-refractivity contribution in [2.24, 2.45) is 5.10 Å². The summed E-state index contributed by atoms with van der Waals surface area (Å²) in [5.74, 6) is 1.55. The number of hydrogen-bond donors (Lipinski definition) is 1. The average molecular weight is 340 g/mol. The second-order valence-electron chi connectivity index (χ2n) is 5.70. The zero-order chi connectivity index (χ0) is 18.1. The molecule has 0 aliphatic heterocycles. The van der Waals surface area contributed by atoms with Crippen molar-refractivity contribution >= 4 is 12.1 Å². The lowest BCUT2D eigenvalue weighted by Gasteiger charge is -2.10. The smallest absolute Gasteiger partial charge is 0.277 e. The summed E-state index contributed by atoms with van der Waals surface area (Å²) in [5.41, 5.74) is 4.49. The number of methoxy groups -OCH3 is 1. The number of amides is 1.